The topological polar surface area (TPSA) is 9.23 Å². The highest BCUT2D eigenvalue weighted by Crippen LogP contribution is 2.37. The molecule has 1 aromatic rings. The van der Waals surface area contributed by atoms with Gasteiger partial charge in [-0.15, -0.1) is 11.6 Å². The van der Waals surface area contributed by atoms with Crippen LogP contribution in [0.25, 0.3) is 0 Å². The van der Waals surface area contributed by atoms with Crippen molar-refractivity contribution in [2.75, 3.05) is 6.61 Å². The lowest BCUT2D eigenvalue weighted by atomic mass is 9.84. The standard InChI is InChI=1S/C15H18BrClO/c16-13-8-11-4-5-18-15(11)12(9-13)6-10-2-1-3-14(17)7-10/h8-10,14H,1-7H2. The third-order valence-corrected chi connectivity index (χ3v) is 4.91. The van der Waals surface area contributed by atoms with Crippen molar-refractivity contribution in [3.63, 3.8) is 0 Å². The first-order valence-corrected chi connectivity index (χ1v) is 8.03. The number of hydrogen-bond acceptors (Lipinski definition) is 1. The van der Waals surface area contributed by atoms with Crippen LogP contribution >= 0.6 is 27.5 Å². The molecule has 3 heteroatoms. The number of halogens is 2. The molecule has 3 rings (SSSR count). The van der Waals surface area contributed by atoms with Gasteiger partial charge in [-0.3, -0.25) is 0 Å². The van der Waals surface area contributed by atoms with E-state index in [4.69, 9.17) is 16.3 Å². The van der Waals surface area contributed by atoms with Crippen molar-refractivity contribution in [2.24, 2.45) is 5.92 Å². The van der Waals surface area contributed by atoms with Crippen LogP contribution in [0.3, 0.4) is 0 Å². The Morgan fingerprint density at radius 1 is 1.33 bits per heavy atom. The van der Waals surface area contributed by atoms with Crippen LogP contribution in [0.4, 0.5) is 0 Å². The molecule has 1 aliphatic carbocycles. The SMILES string of the molecule is ClC1CCCC(Cc2cc(Br)cc3c2OCC3)C1. The molecule has 0 amide bonds. The number of hydrogen-bond donors (Lipinski definition) is 0. The van der Waals surface area contributed by atoms with Gasteiger partial charge < -0.3 is 4.74 Å². The van der Waals surface area contributed by atoms with E-state index in [-0.39, 0.29) is 0 Å². The number of benzene rings is 1. The molecule has 0 radical (unpaired) electrons. The average molecular weight is 330 g/mol. The molecule has 0 bridgehead atoms. The average Bonchev–Trinajstić information content (AvgIpc) is 2.77. The second-order valence-corrected chi connectivity index (χ2v) is 7.02. The lowest BCUT2D eigenvalue weighted by molar-refractivity contribution is 0.336. The minimum atomic E-state index is 0.380. The predicted molar refractivity (Wildman–Crippen MR) is 78.6 cm³/mol. The van der Waals surface area contributed by atoms with Gasteiger partial charge >= 0.3 is 0 Å². The van der Waals surface area contributed by atoms with Gasteiger partial charge in [-0.05, 0) is 48.4 Å². The monoisotopic (exact) mass is 328 g/mol. The highest BCUT2D eigenvalue weighted by atomic mass is 79.9. The molecule has 1 fully saturated rings. The fraction of sp³-hybridized carbons (Fsp3) is 0.600. The van der Waals surface area contributed by atoms with Gasteiger partial charge in [-0.25, -0.2) is 0 Å². The molecule has 98 valence electrons. The maximum absolute atomic E-state index is 6.29. The van der Waals surface area contributed by atoms with E-state index in [0.717, 1.165) is 37.5 Å². The fourth-order valence-electron chi connectivity index (χ4n) is 3.22. The van der Waals surface area contributed by atoms with Crippen molar-refractivity contribution in [2.45, 2.75) is 43.9 Å². The van der Waals surface area contributed by atoms with E-state index in [1.807, 2.05) is 0 Å². The van der Waals surface area contributed by atoms with Crippen LogP contribution in [0.2, 0.25) is 0 Å². The summed E-state index contributed by atoms with van der Waals surface area (Å²) in [5, 5.41) is 0.380. The minimum Gasteiger partial charge on any atom is -0.493 e. The summed E-state index contributed by atoms with van der Waals surface area (Å²) in [5.74, 6) is 1.87. The molecule has 1 heterocycles. The van der Waals surface area contributed by atoms with Crippen LogP contribution in [-0.4, -0.2) is 12.0 Å². The summed E-state index contributed by atoms with van der Waals surface area (Å²) in [7, 11) is 0. The van der Waals surface area contributed by atoms with Crippen LogP contribution in [0.1, 0.15) is 36.8 Å². The normalized spacial score (nSPS) is 26.8. The highest BCUT2D eigenvalue weighted by Gasteiger charge is 2.24. The summed E-state index contributed by atoms with van der Waals surface area (Å²) in [6.45, 7) is 0.835. The van der Waals surface area contributed by atoms with E-state index < -0.39 is 0 Å². The summed E-state index contributed by atoms with van der Waals surface area (Å²) in [4.78, 5) is 0. The molecule has 1 aliphatic heterocycles. The molecule has 1 aromatic carbocycles. The van der Waals surface area contributed by atoms with Crippen LogP contribution < -0.4 is 4.74 Å². The van der Waals surface area contributed by atoms with Crippen LogP contribution in [0.15, 0.2) is 16.6 Å². The number of ether oxygens (including phenoxy) is 1. The largest absolute Gasteiger partial charge is 0.493 e. The van der Waals surface area contributed by atoms with Crippen molar-refractivity contribution in [1.82, 2.24) is 0 Å². The van der Waals surface area contributed by atoms with Gasteiger partial charge in [0.1, 0.15) is 5.75 Å². The van der Waals surface area contributed by atoms with Crippen LogP contribution in [0, 0.1) is 5.92 Å². The summed E-state index contributed by atoms with van der Waals surface area (Å²) >= 11 is 9.90. The Kier molecular flexibility index (Phi) is 3.86. The highest BCUT2D eigenvalue weighted by molar-refractivity contribution is 9.10. The summed E-state index contributed by atoms with van der Waals surface area (Å²) in [5.41, 5.74) is 2.73. The molecule has 2 unspecified atom stereocenters. The van der Waals surface area contributed by atoms with Crippen molar-refractivity contribution in [3.8, 4) is 5.75 Å². The van der Waals surface area contributed by atoms with Gasteiger partial charge in [-0.2, -0.15) is 0 Å². The maximum Gasteiger partial charge on any atom is 0.125 e. The third-order valence-electron chi connectivity index (χ3n) is 4.05. The van der Waals surface area contributed by atoms with Crippen molar-refractivity contribution >= 4 is 27.5 Å². The zero-order valence-corrected chi connectivity index (χ0v) is 12.8. The molecule has 2 atom stereocenters. The number of alkyl halides is 1. The molecule has 1 nitrogen and oxygen atoms in total. The Balaban J connectivity index is 1.80. The Morgan fingerprint density at radius 3 is 3.06 bits per heavy atom. The molecular weight excluding hydrogens is 312 g/mol. The molecule has 18 heavy (non-hydrogen) atoms. The molecule has 1 saturated carbocycles. The van der Waals surface area contributed by atoms with Crippen molar-refractivity contribution in [1.29, 1.82) is 0 Å². The summed E-state index contributed by atoms with van der Waals surface area (Å²) in [6, 6.07) is 4.42. The van der Waals surface area contributed by atoms with E-state index in [9.17, 15) is 0 Å². The number of fused-ring (bicyclic) bond motifs is 1. The van der Waals surface area contributed by atoms with Crippen molar-refractivity contribution < 1.29 is 4.74 Å². The second-order valence-electron chi connectivity index (χ2n) is 5.49. The van der Waals surface area contributed by atoms with E-state index >= 15 is 0 Å². The van der Waals surface area contributed by atoms with E-state index in [2.05, 4.69) is 28.1 Å². The van der Waals surface area contributed by atoms with Gasteiger partial charge in [0.05, 0.1) is 6.61 Å². The molecule has 0 aromatic heterocycles. The minimum absolute atomic E-state index is 0.380. The Hall–Kier alpha value is -0.210. The Labute approximate surface area is 122 Å². The lowest BCUT2D eigenvalue weighted by Crippen LogP contribution is -2.17. The van der Waals surface area contributed by atoms with E-state index in [1.165, 1.54) is 34.9 Å². The van der Waals surface area contributed by atoms with Gasteiger partial charge in [0.25, 0.3) is 0 Å². The van der Waals surface area contributed by atoms with Gasteiger partial charge in [0.15, 0.2) is 0 Å². The lowest BCUT2D eigenvalue weighted by Gasteiger charge is -2.26. The molecule has 0 saturated heterocycles. The van der Waals surface area contributed by atoms with E-state index in [0.29, 0.717) is 5.38 Å². The second kappa shape index (κ2) is 5.42. The molecule has 0 N–H and O–H groups in total. The number of rotatable bonds is 2. The smallest absolute Gasteiger partial charge is 0.125 e. The predicted octanol–water partition coefficient (Wildman–Crippen LogP) is 4.72. The van der Waals surface area contributed by atoms with E-state index in [1.54, 1.807) is 0 Å². The van der Waals surface area contributed by atoms with Gasteiger partial charge in [-0.1, -0.05) is 28.8 Å². The zero-order chi connectivity index (χ0) is 12.5. The van der Waals surface area contributed by atoms with Crippen LogP contribution in [0.5, 0.6) is 5.75 Å². The molecule has 2 aliphatic rings. The first-order chi connectivity index (χ1) is 8.72. The zero-order valence-electron chi connectivity index (χ0n) is 10.4. The molecular formula is C15H18BrClO. The van der Waals surface area contributed by atoms with Gasteiger partial charge in [0, 0.05) is 16.3 Å². The molecule has 0 spiro atoms. The van der Waals surface area contributed by atoms with Gasteiger partial charge in [0.2, 0.25) is 0 Å². The first kappa shape index (κ1) is 12.8. The first-order valence-electron chi connectivity index (χ1n) is 6.80. The third kappa shape index (κ3) is 2.70. The summed E-state index contributed by atoms with van der Waals surface area (Å²) in [6.07, 6.45) is 7.09. The summed E-state index contributed by atoms with van der Waals surface area (Å²) < 4.78 is 6.98. The quantitative estimate of drug-likeness (QED) is 0.713. The van der Waals surface area contributed by atoms with Crippen molar-refractivity contribution in [3.05, 3.63) is 27.7 Å². The Bertz CT molecular complexity index is 446. The Morgan fingerprint density at radius 2 is 2.22 bits per heavy atom. The fourth-order valence-corrected chi connectivity index (χ4v) is 4.18. The van der Waals surface area contributed by atoms with Crippen LogP contribution in [-0.2, 0) is 12.8 Å². The maximum atomic E-state index is 6.29.